The first-order valence-corrected chi connectivity index (χ1v) is 12.9. The predicted octanol–water partition coefficient (Wildman–Crippen LogP) is 3.09. The molecule has 0 aromatic heterocycles. The molecule has 0 aliphatic carbocycles. The lowest BCUT2D eigenvalue weighted by atomic mass is 9.66. The van der Waals surface area contributed by atoms with Gasteiger partial charge in [0.05, 0.1) is 24.2 Å². The van der Waals surface area contributed by atoms with Gasteiger partial charge in [-0.2, -0.15) is 0 Å². The first kappa shape index (κ1) is 28.4. The Morgan fingerprint density at radius 1 is 1.25 bits per heavy atom. The molecule has 3 aliphatic heterocycles. The predicted molar refractivity (Wildman–Crippen MR) is 137 cm³/mol. The molecule has 0 radical (unpaired) electrons. The van der Waals surface area contributed by atoms with Gasteiger partial charge in [0.1, 0.15) is 24.2 Å². The first-order valence-electron chi connectivity index (χ1n) is 12.9. The number of carbonyl (C=O) groups is 3. The monoisotopic (exact) mass is 504 g/mol. The fraction of sp³-hybridized carbons (Fsp3) is 0.750. The number of nitrogens with zero attached hydrogens (tertiary/aromatic N) is 2. The summed E-state index contributed by atoms with van der Waals surface area (Å²) in [6.45, 7) is 21.5. The lowest BCUT2D eigenvalue weighted by Gasteiger charge is -2.46. The molecule has 2 bridgehead atoms. The Labute approximate surface area is 215 Å². The Morgan fingerprint density at radius 3 is 2.42 bits per heavy atom. The van der Waals surface area contributed by atoms with Crippen LogP contribution >= 0.6 is 0 Å². The number of esters is 1. The van der Waals surface area contributed by atoms with Crippen molar-refractivity contribution >= 4 is 17.8 Å². The molecule has 36 heavy (non-hydrogen) atoms. The van der Waals surface area contributed by atoms with Gasteiger partial charge in [-0.15, -0.1) is 6.58 Å². The molecule has 3 rings (SSSR count). The van der Waals surface area contributed by atoms with Crippen molar-refractivity contribution < 1.29 is 29.0 Å². The molecule has 3 saturated heterocycles. The van der Waals surface area contributed by atoms with Crippen LogP contribution in [0.2, 0.25) is 0 Å². The molecule has 3 aliphatic rings. The van der Waals surface area contributed by atoms with Crippen molar-refractivity contribution in [1.82, 2.24) is 9.80 Å². The lowest BCUT2D eigenvalue weighted by Crippen LogP contribution is -2.62. The molecule has 0 saturated carbocycles. The third-order valence-corrected chi connectivity index (χ3v) is 8.06. The third-order valence-electron chi connectivity index (χ3n) is 8.06. The van der Waals surface area contributed by atoms with Gasteiger partial charge in [-0.1, -0.05) is 39.5 Å². The van der Waals surface area contributed by atoms with E-state index in [2.05, 4.69) is 33.9 Å². The fourth-order valence-corrected chi connectivity index (χ4v) is 7.10. The van der Waals surface area contributed by atoms with E-state index in [0.717, 1.165) is 6.42 Å². The minimum Gasteiger partial charge on any atom is -0.461 e. The van der Waals surface area contributed by atoms with Crippen LogP contribution in [0.1, 0.15) is 67.7 Å². The second kappa shape index (κ2) is 9.60. The Kier molecular flexibility index (Phi) is 7.57. The molecule has 2 unspecified atom stereocenters. The highest BCUT2D eigenvalue weighted by molar-refractivity contribution is 5.99. The van der Waals surface area contributed by atoms with E-state index in [1.807, 2.05) is 20.8 Å². The Bertz CT molecular complexity index is 923. The lowest BCUT2D eigenvalue weighted by molar-refractivity contribution is -0.162. The van der Waals surface area contributed by atoms with Crippen LogP contribution in [0.25, 0.3) is 0 Å². The molecule has 0 aromatic carbocycles. The number of fused-ring (bicyclic) bond motifs is 1. The van der Waals surface area contributed by atoms with Crippen LogP contribution in [0.4, 0.5) is 0 Å². The molecule has 1 spiro atoms. The van der Waals surface area contributed by atoms with E-state index >= 15 is 0 Å². The van der Waals surface area contributed by atoms with Crippen LogP contribution in [-0.4, -0.2) is 81.3 Å². The highest BCUT2D eigenvalue weighted by Crippen LogP contribution is 2.63. The van der Waals surface area contributed by atoms with Crippen LogP contribution < -0.4 is 0 Å². The molecule has 1 N–H and O–H groups in total. The maximum Gasteiger partial charge on any atom is 0.313 e. The zero-order valence-corrected chi connectivity index (χ0v) is 23.0. The quantitative estimate of drug-likeness (QED) is 0.363. The molecule has 8 nitrogen and oxygen atoms in total. The Morgan fingerprint density at radius 2 is 1.89 bits per heavy atom. The molecule has 0 aromatic rings. The van der Waals surface area contributed by atoms with E-state index in [9.17, 15) is 19.5 Å². The number of carbonyl (C=O) groups excluding carboxylic acids is 3. The van der Waals surface area contributed by atoms with Crippen molar-refractivity contribution in [2.24, 2.45) is 17.3 Å². The van der Waals surface area contributed by atoms with Crippen molar-refractivity contribution in [3.8, 4) is 0 Å². The number of hydrogen-bond acceptors (Lipinski definition) is 6. The number of ether oxygens (including phenoxy) is 2. The zero-order valence-electron chi connectivity index (χ0n) is 23.0. The summed E-state index contributed by atoms with van der Waals surface area (Å²) >= 11 is 0. The molecular formula is C28H44N2O6. The van der Waals surface area contributed by atoms with Gasteiger partial charge in [-0.25, -0.2) is 0 Å². The largest absolute Gasteiger partial charge is 0.461 e. The summed E-state index contributed by atoms with van der Waals surface area (Å²) in [5.74, 6) is -2.79. The Hall–Kier alpha value is -2.19. The minimum absolute atomic E-state index is 0.0343. The van der Waals surface area contributed by atoms with Gasteiger partial charge in [-0.3, -0.25) is 14.4 Å². The first-order chi connectivity index (χ1) is 16.6. The number of aliphatic hydroxyl groups is 1. The molecule has 8 heteroatoms. The molecule has 3 fully saturated rings. The van der Waals surface area contributed by atoms with Gasteiger partial charge < -0.3 is 24.4 Å². The molecule has 2 amide bonds. The highest BCUT2D eigenvalue weighted by Gasteiger charge is 2.79. The molecule has 6 atom stereocenters. The summed E-state index contributed by atoms with van der Waals surface area (Å²) in [5.41, 5.74) is -2.67. The van der Waals surface area contributed by atoms with Crippen molar-refractivity contribution in [1.29, 1.82) is 0 Å². The van der Waals surface area contributed by atoms with Gasteiger partial charge in [0.15, 0.2) is 0 Å². The van der Waals surface area contributed by atoms with Crippen LogP contribution in [0.5, 0.6) is 0 Å². The fourth-order valence-electron chi connectivity index (χ4n) is 7.10. The number of likely N-dealkylation sites (tertiary alicyclic amines) is 1. The molecule has 202 valence electrons. The number of rotatable bonds is 10. The smallest absolute Gasteiger partial charge is 0.313 e. The van der Waals surface area contributed by atoms with E-state index in [4.69, 9.17) is 9.47 Å². The van der Waals surface area contributed by atoms with Gasteiger partial charge in [0, 0.05) is 12.1 Å². The summed E-state index contributed by atoms with van der Waals surface area (Å²) in [6.07, 6.45) is 4.90. The van der Waals surface area contributed by atoms with E-state index in [-0.39, 0.29) is 30.4 Å². The van der Waals surface area contributed by atoms with Crippen molar-refractivity contribution in [2.45, 2.75) is 96.6 Å². The summed E-state index contributed by atoms with van der Waals surface area (Å²) in [6, 6.07) is -1.58. The maximum atomic E-state index is 14.5. The third kappa shape index (κ3) is 4.51. The van der Waals surface area contributed by atoms with Gasteiger partial charge in [-0.05, 0) is 52.4 Å². The number of hydrogen-bond donors (Lipinski definition) is 1. The minimum atomic E-state index is -1.17. The van der Waals surface area contributed by atoms with E-state index < -0.39 is 46.6 Å². The van der Waals surface area contributed by atoms with Crippen LogP contribution in [0.15, 0.2) is 25.3 Å². The summed E-state index contributed by atoms with van der Waals surface area (Å²) < 4.78 is 12.0. The average molecular weight is 505 g/mol. The number of aliphatic hydroxyl groups excluding tert-OH is 1. The van der Waals surface area contributed by atoms with Crippen molar-refractivity contribution in [3.05, 3.63) is 25.3 Å². The van der Waals surface area contributed by atoms with Gasteiger partial charge >= 0.3 is 5.97 Å². The second-order valence-corrected chi connectivity index (χ2v) is 12.7. The topological polar surface area (TPSA) is 96.4 Å². The summed E-state index contributed by atoms with van der Waals surface area (Å²) in [7, 11) is 0. The second-order valence-electron chi connectivity index (χ2n) is 12.7. The summed E-state index contributed by atoms with van der Waals surface area (Å²) in [5, 5.41) is 10.1. The SMILES string of the molecule is C=CCOC(=O)[C@@H]1[C@H]2C(=O)N([C@H](C)CO)C(C(=O)N(CC=C)C(C)(C)CC(C)(C)C)C23CC[C@@]1(C)O3. The van der Waals surface area contributed by atoms with Crippen LogP contribution in [0.3, 0.4) is 0 Å². The molecule has 3 heterocycles. The van der Waals surface area contributed by atoms with Gasteiger partial charge in [0.25, 0.3) is 0 Å². The normalized spacial score (nSPS) is 32.3. The average Bonchev–Trinajstić information content (AvgIpc) is 3.33. The van der Waals surface area contributed by atoms with Gasteiger partial charge in [0.2, 0.25) is 11.8 Å². The zero-order chi connectivity index (χ0) is 27.3. The van der Waals surface area contributed by atoms with E-state index in [0.29, 0.717) is 19.4 Å². The van der Waals surface area contributed by atoms with Crippen LogP contribution in [0, 0.1) is 17.3 Å². The van der Waals surface area contributed by atoms with E-state index in [1.54, 1.807) is 17.9 Å². The number of amides is 2. The summed E-state index contributed by atoms with van der Waals surface area (Å²) in [4.78, 5) is 44.9. The van der Waals surface area contributed by atoms with Crippen molar-refractivity contribution in [2.75, 3.05) is 19.8 Å². The molecular weight excluding hydrogens is 460 g/mol. The van der Waals surface area contributed by atoms with Crippen molar-refractivity contribution in [3.63, 3.8) is 0 Å². The van der Waals surface area contributed by atoms with E-state index in [1.165, 1.54) is 11.0 Å². The highest BCUT2D eigenvalue weighted by atomic mass is 16.6. The standard InChI is InChI=1S/C28H44N2O6/c1-10-14-29(26(7,8)17-25(4,5)6)23(33)21-28-13-12-27(9,36-28)20(24(34)35-15-11-2)19(28)22(32)30(21)18(3)16-31/h10-11,18-21,31H,1-2,12-17H2,3-9H3/t18-,19+,20+,21?,27-,28?/m1/s1. The van der Waals surface area contributed by atoms with Crippen LogP contribution in [-0.2, 0) is 23.9 Å². The Balaban J connectivity index is 2.12. The maximum absolute atomic E-state index is 14.5.